The fourth-order valence-electron chi connectivity index (χ4n) is 2.57. The Morgan fingerprint density at radius 2 is 1.92 bits per heavy atom. The molecule has 0 aliphatic heterocycles. The van der Waals surface area contributed by atoms with Gasteiger partial charge in [-0.2, -0.15) is 0 Å². The molecule has 0 bridgehead atoms. The van der Waals surface area contributed by atoms with Crippen molar-refractivity contribution in [3.8, 4) is 5.75 Å². The molecule has 2 aromatic carbocycles. The second kappa shape index (κ2) is 6.47. The van der Waals surface area contributed by atoms with E-state index in [1.807, 2.05) is 6.92 Å². The van der Waals surface area contributed by atoms with Crippen molar-refractivity contribution >= 4 is 16.9 Å². The van der Waals surface area contributed by atoms with Crippen LogP contribution in [0, 0.1) is 18.6 Å². The average Bonchev–Trinajstić information content (AvgIpc) is 2.54. The number of hydrogen-bond donors (Lipinski definition) is 0. The third kappa shape index (κ3) is 3.28. The number of rotatable bonds is 3. The number of aryl methyl sites for hydroxylation is 2. The average molecular weight is 344 g/mol. The first-order chi connectivity index (χ1) is 11.9. The van der Waals surface area contributed by atoms with Crippen molar-refractivity contribution in [2.45, 2.75) is 20.3 Å². The van der Waals surface area contributed by atoms with E-state index in [9.17, 15) is 18.4 Å². The maximum absolute atomic E-state index is 13.7. The Balaban J connectivity index is 2.05. The second-order valence-corrected chi connectivity index (χ2v) is 5.57. The molecule has 4 nitrogen and oxygen atoms in total. The largest absolute Gasteiger partial charge is 0.423 e. The highest BCUT2D eigenvalue weighted by Gasteiger charge is 2.17. The summed E-state index contributed by atoms with van der Waals surface area (Å²) in [5.41, 5.74) is 0.804. The number of carbonyl (C=O) groups is 1. The van der Waals surface area contributed by atoms with E-state index in [0.717, 1.165) is 23.1 Å². The van der Waals surface area contributed by atoms with Crippen molar-refractivity contribution in [3.63, 3.8) is 0 Å². The van der Waals surface area contributed by atoms with Crippen molar-refractivity contribution in [2.24, 2.45) is 0 Å². The van der Waals surface area contributed by atoms with Gasteiger partial charge in [0.1, 0.15) is 23.0 Å². The summed E-state index contributed by atoms with van der Waals surface area (Å²) in [7, 11) is 0. The first-order valence-electron chi connectivity index (χ1n) is 7.63. The Kier molecular flexibility index (Phi) is 4.35. The lowest BCUT2D eigenvalue weighted by molar-refractivity contribution is 0.0728. The Morgan fingerprint density at radius 3 is 2.60 bits per heavy atom. The first-order valence-corrected chi connectivity index (χ1v) is 7.63. The van der Waals surface area contributed by atoms with E-state index in [4.69, 9.17) is 9.15 Å². The van der Waals surface area contributed by atoms with Crippen LogP contribution in [0.1, 0.15) is 28.4 Å². The first kappa shape index (κ1) is 16.8. The van der Waals surface area contributed by atoms with E-state index in [-0.39, 0.29) is 16.9 Å². The number of hydrogen-bond acceptors (Lipinski definition) is 4. The summed E-state index contributed by atoms with van der Waals surface area (Å²) in [6.07, 6.45) is 0.545. The molecule has 0 aliphatic rings. The lowest BCUT2D eigenvalue weighted by Gasteiger charge is -2.11. The minimum Gasteiger partial charge on any atom is -0.423 e. The SMILES string of the molecule is CCc1cc2c(C)cc(=O)oc2cc1OC(=O)c1ccc(F)cc1F. The van der Waals surface area contributed by atoms with Crippen LogP contribution in [0.15, 0.2) is 45.6 Å². The minimum absolute atomic E-state index is 0.164. The van der Waals surface area contributed by atoms with E-state index in [2.05, 4.69) is 0 Å². The number of ether oxygens (including phenoxy) is 1. The Hall–Kier alpha value is -3.02. The van der Waals surface area contributed by atoms with Crippen LogP contribution in [0.3, 0.4) is 0 Å². The van der Waals surface area contributed by atoms with Crippen LogP contribution < -0.4 is 10.4 Å². The molecule has 6 heteroatoms. The second-order valence-electron chi connectivity index (χ2n) is 5.57. The smallest absolute Gasteiger partial charge is 0.346 e. The van der Waals surface area contributed by atoms with E-state index >= 15 is 0 Å². The Morgan fingerprint density at radius 1 is 1.16 bits per heavy atom. The van der Waals surface area contributed by atoms with Gasteiger partial charge in [0, 0.05) is 23.6 Å². The van der Waals surface area contributed by atoms with Crippen LogP contribution in [-0.4, -0.2) is 5.97 Å². The van der Waals surface area contributed by atoms with Gasteiger partial charge in [0.25, 0.3) is 0 Å². The van der Waals surface area contributed by atoms with Gasteiger partial charge in [-0.1, -0.05) is 6.92 Å². The quantitative estimate of drug-likeness (QED) is 0.407. The Bertz CT molecular complexity index is 1040. The van der Waals surface area contributed by atoms with Crippen LogP contribution in [0.5, 0.6) is 5.75 Å². The number of carbonyl (C=O) groups excluding carboxylic acids is 1. The lowest BCUT2D eigenvalue weighted by atomic mass is 10.1. The van der Waals surface area contributed by atoms with Crippen LogP contribution >= 0.6 is 0 Å². The number of benzene rings is 2. The topological polar surface area (TPSA) is 56.5 Å². The molecule has 0 atom stereocenters. The fraction of sp³-hybridized carbons (Fsp3) is 0.158. The minimum atomic E-state index is -1.01. The monoisotopic (exact) mass is 344 g/mol. The summed E-state index contributed by atoms with van der Waals surface area (Å²) in [6, 6.07) is 7.17. The van der Waals surface area contributed by atoms with Gasteiger partial charge in [-0.25, -0.2) is 18.4 Å². The van der Waals surface area contributed by atoms with Gasteiger partial charge in [-0.05, 0) is 42.7 Å². The van der Waals surface area contributed by atoms with Gasteiger partial charge in [0.05, 0.1) is 5.56 Å². The molecule has 0 N–H and O–H groups in total. The molecule has 0 amide bonds. The fourth-order valence-corrected chi connectivity index (χ4v) is 2.57. The third-order valence-corrected chi connectivity index (χ3v) is 3.87. The van der Waals surface area contributed by atoms with Gasteiger partial charge in [-0.3, -0.25) is 0 Å². The maximum Gasteiger partial charge on any atom is 0.346 e. The Labute approximate surface area is 141 Å². The van der Waals surface area contributed by atoms with E-state index in [0.29, 0.717) is 18.1 Å². The molecule has 1 heterocycles. The molecular formula is C19H14F2O4. The zero-order valence-corrected chi connectivity index (χ0v) is 13.6. The van der Waals surface area contributed by atoms with Crippen LogP contribution in [-0.2, 0) is 6.42 Å². The summed E-state index contributed by atoms with van der Waals surface area (Å²) >= 11 is 0. The normalized spacial score (nSPS) is 10.9. The molecule has 3 aromatic rings. The summed E-state index contributed by atoms with van der Waals surface area (Å²) in [5, 5.41) is 0.726. The molecule has 128 valence electrons. The zero-order valence-electron chi connectivity index (χ0n) is 13.6. The van der Waals surface area contributed by atoms with Crippen molar-refractivity contribution in [1.82, 2.24) is 0 Å². The number of esters is 1. The molecule has 0 saturated carbocycles. The number of halogens is 2. The van der Waals surface area contributed by atoms with E-state index in [1.165, 1.54) is 12.1 Å². The predicted molar refractivity (Wildman–Crippen MR) is 87.9 cm³/mol. The summed E-state index contributed by atoms with van der Waals surface area (Å²) < 4.78 is 37.1. The standard InChI is InChI=1S/C19H14F2O4/c1-3-11-7-14-10(2)6-18(22)24-17(14)9-16(11)25-19(23)13-5-4-12(20)8-15(13)21/h4-9H,3H2,1-2H3. The van der Waals surface area contributed by atoms with Gasteiger partial charge in [0.15, 0.2) is 0 Å². The highest BCUT2D eigenvalue weighted by Crippen LogP contribution is 2.28. The molecule has 0 fully saturated rings. The molecule has 0 saturated heterocycles. The summed E-state index contributed by atoms with van der Waals surface area (Å²) in [4.78, 5) is 23.7. The number of fused-ring (bicyclic) bond motifs is 1. The van der Waals surface area contributed by atoms with Gasteiger partial charge in [0.2, 0.25) is 0 Å². The summed E-state index contributed by atoms with van der Waals surface area (Å²) in [5.74, 6) is -2.59. The van der Waals surface area contributed by atoms with Crippen LogP contribution in [0.4, 0.5) is 8.78 Å². The maximum atomic E-state index is 13.7. The summed E-state index contributed by atoms with van der Waals surface area (Å²) in [6.45, 7) is 3.64. The molecule has 1 aromatic heterocycles. The van der Waals surface area contributed by atoms with Crippen molar-refractivity contribution in [3.05, 3.63) is 75.1 Å². The highest BCUT2D eigenvalue weighted by atomic mass is 19.1. The molecule has 0 spiro atoms. The van der Waals surface area contributed by atoms with Crippen molar-refractivity contribution in [2.75, 3.05) is 0 Å². The zero-order chi connectivity index (χ0) is 18.1. The molecule has 0 radical (unpaired) electrons. The van der Waals surface area contributed by atoms with Crippen molar-refractivity contribution < 1.29 is 22.7 Å². The van der Waals surface area contributed by atoms with Crippen LogP contribution in [0.2, 0.25) is 0 Å². The van der Waals surface area contributed by atoms with Gasteiger partial charge < -0.3 is 9.15 Å². The molecule has 3 rings (SSSR count). The highest BCUT2D eigenvalue weighted by molar-refractivity contribution is 5.92. The van der Waals surface area contributed by atoms with Crippen molar-refractivity contribution in [1.29, 1.82) is 0 Å². The molecule has 0 aliphatic carbocycles. The molecular weight excluding hydrogens is 330 g/mol. The van der Waals surface area contributed by atoms with Gasteiger partial charge in [-0.15, -0.1) is 0 Å². The van der Waals surface area contributed by atoms with Crippen LogP contribution in [0.25, 0.3) is 11.0 Å². The molecule has 25 heavy (non-hydrogen) atoms. The predicted octanol–water partition coefficient (Wildman–Crippen LogP) is 4.16. The lowest BCUT2D eigenvalue weighted by Crippen LogP contribution is -2.12. The third-order valence-electron chi connectivity index (χ3n) is 3.87. The van der Waals surface area contributed by atoms with E-state index in [1.54, 1.807) is 13.0 Å². The molecule has 0 unspecified atom stereocenters. The van der Waals surface area contributed by atoms with Gasteiger partial charge >= 0.3 is 11.6 Å². The van der Waals surface area contributed by atoms with E-state index < -0.39 is 23.2 Å².